The van der Waals surface area contributed by atoms with Gasteiger partial charge in [0.2, 0.25) is 0 Å². The van der Waals surface area contributed by atoms with Crippen molar-refractivity contribution in [1.82, 2.24) is 0 Å². The van der Waals surface area contributed by atoms with Gasteiger partial charge in [-0.15, -0.1) is 0 Å². The first-order chi connectivity index (χ1) is 11.7. The Kier molecular flexibility index (Phi) is 2.91. The maximum Gasteiger partial charge on any atom is 0.320 e. The van der Waals surface area contributed by atoms with Crippen LogP contribution in [0, 0.1) is 34.0 Å². The summed E-state index contributed by atoms with van der Waals surface area (Å²) >= 11 is 0. The topological polar surface area (TPSA) is 72.8 Å². The Morgan fingerprint density at radius 1 is 1.20 bits per heavy atom. The lowest BCUT2D eigenvalue weighted by atomic mass is 9.44. The number of allylic oxidation sites excluding steroid dienone is 1. The number of aliphatic hydroxyl groups is 1. The van der Waals surface area contributed by atoms with E-state index in [1.807, 2.05) is 0 Å². The second kappa shape index (κ2) is 4.55. The monoisotopic (exact) mass is 346 g/mol. The van der Waals surface area contributed by atoms with Crippen LogP contribution in [-0.2, 0) is 19.1 Å². The minimum atomic E-state index is -1.09. The number of esters is 1. The Morgan fingerprint density at radius 3 is 2.72 bits per heavy atom. The Morgan fingerprint density at radius 2 is 1.96 bits per heavy atom. The molecular weight excluding hydrogens is 320 g/mol. The van der Waals surface area contributed by atoms with E-state index in [2.05, 4.69) is 20.4 Å². The number of ketones is 1. The average Bonchev–Trinajstić information content (AvgIpc) is 3.01. The number of hydrogen-bond donors (Lipinski definition) is 1. The van der Waals surface area contributed by atoms with E-state index >= 15 is 0 Å². The van der Waals surface area contributed by atoms with Gasteiger partial charge in [0.05, 0.1) is 6.61 Å². The number of carbonyl (C=O) groups excluding carboxylic acids is 2. The molecule has 3 aliphatic carbocycles. The molecule has 2 bridgehead atoms. The third kappa shape index (κ3) is 1.59. The minimum Gasteiger partial charge on any atom is -0.461 e. The highest BCUT2D eigenvalue weighted by atomic mass is 16.6. The highest BCUT2D eigenvalue weighted by Gasteiger charge is 2.77. The van der Waals surface area contributed by atoms with Crippen molar-refractivity contribution in [1.29, 1.82) is 0 Å². The van der Waals surface area contributed by atoms with Gasteiger partial charge >= 0.3 is 5.97 Å². The van der Waals surface area contributed by atoms with E-state index in [1.54, 1.807) is 0 Å². The quantitative estimate of drug-likeness (QED) is 0.414. The van der Waals surface area contributed by atoms with Crippen molar-refractivity contribution in [3.8, 4) is 0 Å². The molecular formula is C20H26O5. The van der Waals surface area contributed by atoms with Crippen molar-refractivity contribution in [3.05, 3.63) is 12.2 Å². The van der Waals surface area contributed by atoms with Gasteiger partial charge in [-0.3, -0.25) is 9.59 Å². The third-order valence-electron chi connectivity index (χ3n) is 8.28. The number of rotatable bonds is 0. The molecule has 25 heavy (non-hydrogen) atoms. The first kappa shape index (κ1) is 16.0. The predicted octanol–water partition coefficient (Wildman–Crippen LogP) is 2.22. The average molecular weight is 346 g/mol. The molecule has 2 heterocycles. The third-order valence-corrected chi connectivity index (χ3v) is 8.28. The molecule has 3 unspecified atom stereocenters. The van der Waals surface area contributed by atoms with Crippen molar-refractivity contribution in [3.63, 3.8) is 0 Å². The highest BCUT2D eigenvalue weighted by Crippen LogP contribution is 2.71. The lowest BCUT2D eigenvalue weighted by molar-refractivity contribution is -0.236. The summed E-state index contributed by atoms with van der Waals surface area (Å²) in [7, 11) is 0. The molecule has 3 saturated carbocycles. The van der Waals surface area contributed by atoms with Crippen molar-refractivity contribution >= 4 is 11.8 Å². The van der Waals surface area contributed by atoms with E-state index < -0.39 is 17.1 Å². The molecule has 136 valence electrons. The summed E-state index contributed by atoms with van der Waals surface area (Å²) in [6.07, 6.45) is 2.77. The second-order valence-corrected chi connectivity index (χ2v) is 9.57. The fourth-order valence-corrected chi connectivity index (χ4v) is 7.27. The first-order valence-corrected chi connectivity index (χ1v) is 9.49. The highest BCUT2D eigenvalue weighted by molar-refractivity contribution is 6.15. The van der Waals surface area contributed by atoms with Crippen molar-refractivity contribution in [2.45, 2.75) is 58.3 Å². The largest absolute Gasteiger partial charge is 0.461 e. The zero-order valence-corrected chi connectivity index (χ0v) is 14.9. The summed E-state index contributed by atoms with van der Waals surface area (Å²) in [5.74, 6) is -0.586. The fourth-order valence-electron chi connectivity index (χ4n) is 7.27. The molecule has 5 aliphatic rings. The zero-order chi connectivity index (χ0) is 17.8. The Balaban J connectivity index is 1.71. The molecule has 2 spiro atoms. The number of fused-ring (bicyclic) bond motifs is 1. The SMILES string of the molecule is C=C1C(=O)[C@]23CC1CC[C@H]2[C@@]12COC(O)[C@@H]1C(C)(C)CCC2OC3=O. The van der Waals surface area contributed by atoms with Gasteiger partial charge in [-0.05, 0) is 54.9 Å². The maximum absolute atomic E-state index is 13.2. The molecule has 0 amide bonds. The summed E-state index contributed by atoms with van der Waals surface area (Å²) < 4.78 is 11.7. The number of aliphatic hydroxyl groups excluding tert-OH is 1. The van der Waals surface area contributed by atoms with Gasteiger partial charge < -0.3 is 14.6 Å². The Hall–Kier alpha value is -1.20. The van der Waals surface area contributed by atoms with Crippen LogP contribution in [0.2, 0.25) is 0 Å². The van der Waals surface area contributed by atoms with Gasteiger partial charge in [0.1, 0.15) is 11.5 Å². The van der Waals surface area contributed by atoms with Crippen LogP contribution in [-0.4, -0.2) is 35.9 Å². The molecule has 0 aromatic carbocycles. The molecule has 0 aromatic heterocycles. The lowest BCUT2D eigenvalue weighted by Gasteiger charge is -2.61. The molecule has 5 nitrogen and oxygen atoms in total. The van der Waals surface area contributed by atoms with Crippen LogP contribution in [0.4, 0.5) is 0 Å². The molecule has 2 aliphatic heterocycles. The molecule has 5 fully saturated rings. The summed E-state index contributed by atoms with van der Waals surface area (Å²) in [6, 6.07) is 0. The van der Waals surface area contributed by atoms with Crippen LogP contribution in [0.25, 0.3) is 0 Å². The summed E-state index contributed by atoms with van der Waals surface area (Å²) in [4.78, 5) is 26.2. The van der Waals surface area contributed by atoms with Crippen LogP contribution in [0.3, 0.4) is 0 Å². The smallest absolute Gasteiger partial charge is 0.320 e. The van der Waals surface area contributed by atoms with Gasteiger partial charge in [-0.1, -0.05) is 20.4 Å². The van der Waals surface area contributed by atoms with Crippen molar-refractivity contribution < 1.29 is 24.2 Å². The molecule has 7 atom stereocenters. The van der Waals surface area contributed by atoms with Gasteiger partial charge in [0.25, 0.3) is 0 Å². The Bertz CT molecular complexity index is 696. The summed E-state index contributed by atoms with van der Waals surface area (Å²) in [5.41, 5.74) is -1.07. The zero-order valence-electron chi connectivity index (χ0n) is 14.9. The van der Waals surface area contributed by atoms with E-state index in [-0.39, 0.29) is 41.0 Å². The molecule has 2 saturated heterocycles. The lowest BCUT2D eigenvalue weighted by Crippen LogP contribution is -2.68. The van der Waals surface area contributed by atoms with Gasteiger partial charge in [-0.25, -0.2) is 0 Å². The summed E-state index contributed by atoms with van der Waals surface area (Å²) in [6.45, 7) is 8.69. The molecule has 5 heteroatoms. The maximum atomic E-state index is 13.2. The molecule has 1 N–H and O–H groups in total. The normalized spacial score (nSPS) is 53.1. The fraction of sp³-hybridized carbons (Fsp3) is 0.800. The number of hydrogen-bond acceptors (Lipinski definition) is 5. The van der Waals surface area contributed by atoms with Crippen LogP contribution in [0.1, 0.15) is 46.0 Å². The minimum absolute atomic E-state index is 0.103. The van der Waals surface area contributed by atoms with E-state index in [9.17, 15) is 14.7 Å². The van der Waals surface area contributed by atoms with E-state index in [1.165, 1.54) is 0 Å². The summed E-state index contributed by atoms with van der Waals surface area (Å²) in [5, 5.41) is 10.7. The number of carbonyl (C=O) groups is 2. The van der Waals surface area contributed by atoms with E-state index in [4.69, 9.17) is 9.47 Å². The van der Waals surface area contributed by atoms with E-state index in [0.29, 0.717) is 18.6 Å². The van der Waals surface area contributed by atoms with Crippen LogP contribution in [0.15, 0.2) is 12.2 Å². The number of ether oxygens (including phenoxy) is 2. The van der Waals surface area contributed by atoms with Crippen LogP contribution >= 0.6 is 0 Å². The van der Waals surface area contributed by atoms with E-state index in [0.717, 1.165) is 25.7 Å². The molecule has 5 rings (SSSR count). The molecule has 0 aromatic rings. The van der Waals surface area contributed by atoms with Crippen LogP contribution < -0.4 is 0 Å². The van der Waals surface area contributed by atoms with Gasteiger partial charge in [-0.2, -0.15) is 0 Å². The van der Waals surface area contributed by atoms with Crippen molar-refractivity contribution in [2.75, 3.05) is 6.61 Å². The standard InChI is InChI=1S/C20H26O5/c1-10-11-4-5-12-19(8-11,15(10)21)17(23)25-13-6-7-18(2,3)14-16(22)24-9-20(12,13)14/h11-14,16,22H,1,4-9H2,2-3H3/t11?,12-,13?,14-,16?,19+,20-/m1/s1. The predicted molar refractivity (Wildman–Crippen MR) is 88.2 cm³/mol. The first-order valence-electron chi connectivity index (χ1n) is 9.49. The van der Waals surface area contributed by atoms with Gasteiger partial charge in [0, 0.05) is 11.3 Å². The number of Topliss-reactive ketones (excluding diaryl/α,β-unsaturated/α-hetero) is 1. The van der Waals surface area contributed by atoms with Crippen molar-refractivity contribution in [2.24, 2.45) is 34.0 Å². The second-order valence-electron chi connectivity index (χ2n) is 9.57. The Labute approximate surface area is 147 Å². The van der Waals surface area contributed by atoms with Gasteiger partial charge in [0.15, 0.2) is 12.1 Å². The van der Waals surface area contributed by atoms with Crippen LogP contribution in [0.5, 0.6) is 0 Å². The molecule has 0 radical (unpaired) electrons.